The number of hydrogen-bond acceptors (Lipinski definition) is 4. The van der Waals surface area contributed by atoms with Gasteiger partial charge in [0.2, 0.25) is 0 Å². The van der Waals surface area contributed by atoms with Crippen molar-refractivity contribution < 1.29 is 30.8 Å². The predicted molar refractivity (Wildman–Crippen MR) is 104 cm³/mol. The Morgan fingerprint density at radius 1 is 1.07 bits per heavy atom. The lowest BCUT2D eigenvalue weighted by Crippen LogP contribution is -2.33. The standard InChI is InChI=1S/C19H21F4N3O3S/c1-26(13-19(21,22)23)12-4-11-24-18(27)14-7-9-15(10-8-14)30(28,29)25-17-6-3-2-5-16(17)20/h2-3,5-10,25H,4,11-13H2,1H3,(H,24,27). The van der Waals surface area contributed by atoms with Crippen LogP contribution in [0.1, 0.15) is 16.8 Å². The zero-order valence-corrected chi connectivity index (χ0v) is 16.9. The van der Waals surface area contributed by atoms with Gasteiger partial charge in [0.1, 0.15) is 5.82 Å². The number of rotatable bonds is 9. The number of nitrogens with zero attached hydrogens (tertiary/aromatic N) is 1. The van der Waals surface area contributed by atoms with Crippen LogP contribution in [0.2, 0.25) is 0 Å². The molecule has 0 atom stereocenters. The zero-order chi connectivity index (χ0) is 22.4. The number of carbonyl (C=O) groups is 1. The zero-order valence-electron chi connectivity index (χ0n) is 16.0. The van der Waals surface area contributed by atoms with Crippen LogP contribution in [0.15, 0.2) is 53.4 Å². The third kappa shape index (κ3) is 7.30. The second kappa shape index (κ2) is 9.90. The number of benzene rings is 2. The monoisotopic (exact) mass is 447 g/mol. The third-order valence-electron chi connectivity index (χ3n) is 4.00. The largest absolute Gasteiger partial charge is 0.401 e. The van der Waals surface area contributed by atoms with Crippen molar-refractivity contribution in [1.82, 2.24) is 10.2 Å². The van der Waals surface area contributed by atoms with Crippen LogP contribution in [0.25, 0.3) is 0 Å². The molecule has 2 aromatic carbocycles. The third-order valence-corrected chi connectivity index (χ3v) is 5.38. The van der Waals surface area contributed by atoms with Crippen molar-refractivity contribution in [3.8, 4) is 0 Å². The van der Waals surface area contributed by atoms with Crippen LogP contribution >= 0.6 is 0 Å². The molecule has 0 fully saturated rings. The lowest BCUT2D eigenvalue weighted by Gasteiger charge is -2.18. The smallest absolute Gasteiger partial charge is 0.352 e. The van der Waals surface area contributed by atoms with Gasteiger partial charge in [0.25, 0.3) is 15.9 Å². The molecule has 2 N–H and O–H groups in total. The van der Waals surface area contributed by atoms with Crippen molar-refractivity contribution in [2.75, 3.05) is 31.4 Å². The van der Waals surface area contributed by atoms with E-state index in [0.717, 1.165) is 11.0 Å². The molecule has 0 aromatic heterocycles. The van der Waals surface area contributed by atoms with E-state index in [-0.39, 0.29) is 29.2 Å². The van der Waals surface area contributed by atoms with Crippen LogP contribution in [-0.2, 0) is 10.0 Å². The summed E-state index contributed by atoms with van der Waals surface area (Å²) < 4.78 is 77.2. The molecule has 0 aliphatic heterocycles. The van der Waals surface area contributed by atoms with Gasteiger partial charge >= 0.3 is 6.18 Å². The van der Waals surface area contributed by atoms with Gasteiger partial charge in [0.05, 0.1) is 17.1 Å². The summed E-state index contributed by atoms with van der Waals surface area (Å²) in [5.74, 6) is -1.21. The normalized spacial score (nSPS) is 12.1. The van der Waals surface area contributed by atoms with Crippen LogP contribution in [0.5, 0.6) is 0 Å². The molecule has 164 valence electrons. The van der Waals surface area contributed by atoms with Gasteiger partial charge < -0.3 is 5.32 Å². The van der Waals surface area contributed by atoms with Crippen molar-refractivity contribution in [3.63, 3.8) is 0 Å². The number of nitrogens with one attached hydrogen (secondary N) is 2. The minimum absolute atomic E-state index is 0.151. The van der Waals surface area contributed by atoms with E-state index < -0.39 is 34.5 Å². The molecule has 0 unspecified atom stereocenters. The fourth-order valence-corrected chi connectivity index (χ4v) is 3.64. The molecule has 0 radical (unpaired) electrons. The molecule has 0 saturated carbocycles. The first kappa shape index (κ1) is 23.6. The fourth-order valence-electron chi connectivity index (χ4n) is 2.57. The van der Waals surface area contributed by atoms with Crippen LogP contribution in [0, 0.1) is 5.82 Å². The van der Waals surface area contributed by atoms with Crippen molar-refractivity contribution in [2.45, 2.75) is 17.5 Å². The highest BCUT2D eigenvalue weighted by atomic mass is 32.2. The lowest BCUT2D eigenvalue weighted by atomic mass is 10.2. The number of halogens is 4. The van der Waals surface area contributed by atoms with Crippen LogP contribution in [0.3, 0.4) is 0 Å². The van der Waals surface area contributed by atoms with Gasteiger partial charge in [0, 0.05) is 12.1 Å². The summed E-state index contributed by atoms with van der Waals surface area (Å²) in [6.45, 7) is -0.716. The molecule has 30 heavy (non-hydrogen) atoms. The first-order valence-corrected chi connectivity index (χ1v) is 10.4. The van der Waals surface area contributed by atoms with Crippen molar-refractivity contribution in [1.29, 1.82) is 0 Å². The number of anilines is 1. The van der Waals surface area contributed by atoms with E-state index in [9.17, 15) is 30.8 Å². The minimum atomic E-state index is -4.28. The maximum Gasteiger partial charge on any atom is 0.401 e. The molecule has 1 amide bonds. The van der Waals surface area contributed by atoms with E-state index in [4.69, 9.17) is 0 Å². The fraction of sp³-hybridized carbons (Fsp3) is 0.316. The van der Waals surface area contributed by atoms with Crippen molar-refractivity contribution in [2.24, 2.45) is 0 Å². The maximum absolute atomic E-state index is 13.6. The molecule has 0 spiro atoms. The quantitative estimate of drug-likeness (QED) is 0.457. The van der Waals surface area contributed by atoms with Gasteiger partial charge in [-0.15, -0.1) is 0 Å². The molecule has 0 bridgehead atoms. The highest BCUT2D eigenvalue weighted by Gasteiger charge is 2.28. The molecule has 2 rings (SSSR count). The van der Waals surface area contributed by atoms with Gasteiger partial charge in [-0.25, -0.2) is 12.8 Å². The Morgan fingerprint density at radius 2 is 1.70 bits per heavy atom. The molecule has 0 saturated heterocycles. The van der Waals surface area contributed by atoms with E-state index in [0.29, 0.717) is 6.42 Å². The minimum Gasteiger partial charge on any atom is -0.352 e. The van der Waals surface area contributed by atoms with E-state index in [1.807, 2.05) is 0 Å². The maximum atomic E-state index is 13.6. The average Bonchev–Trinajstić information content (AvgIpc) is 2.65. The lowest BCUT2D eigenvalue weighted by molar-refractivity contribution is -0.143. The van der Waals surface area contributed by atoms with Crippen molar-refractivity contribution in [3.05, 3.63) is 59.9 Å². The number of alkyl halides is 3. The summed E-state index contributed by atoms with van der Waals surface area (Å²) in [5.41, 5.74) is -0.0155. The Labute approximate surface area is 171 Å². The van der Waals surface area contributed by atoms with Gasteiger partial charge in [0.15, 0.2) is 0 Å². The second-order valence-corrected chi connectivity index (χ2v) is 8.25. The van der Waals surface area contributed by atoms with E-state index in [1.165, 1.54) is 49.5 Å². The number of sulfonamides is 1. The summed E-state index contributed by atoms with van der Waals surface area (Å²) in [6, 6.07) is 10.3. The first-order valence-electron chi connectivity index (χ1n) is 8.89. The summed E-state index contributed by atoms with van der Waals surface area (Å²) in [7, 11) is -2.71. The Balaban J connectivity index is 1.89. The first-order chi connectivity index (χ1) is 14.0. The van der Waals surface area contributed by atoms with Gasteiger partial charge in [-0.3, -0.25) is 14.4 Å². The van der Waals surface area contributed by atoms with Gasteiger partial charge in [-0.2, -0.15) is 13.2 Å². The van der Waals surface area contributed by atoms with Crippen molar-refractivity contribution >= 4 is 21.6 Å². The molecule has 0 heterocycles. The van der Waals surface area contributed by atoms with E-state index in [1.54, 1.807) is 0 Å². The summed E-state index contributed by atoms with van der Waals surface area (Å²) >= 11 is 0. The molecule has 6 nitrogen and oxygen atoms in total. The molecular weight excluding hydrogens is 426 g/mol. The van der Waals surface area contributed by atoms with Crippen LogP contribution in [0.4, 0.5) is 23.2 Å². The van der Waals surface area contributed by atoms with Gasteiger partial charge in [-0.05, 0) is 56.4 Å². The predicted octanol–water partition coefficient (Wildman–Crippen LogP) is 3.24. The summed E-state index contributed by atoms with van der Waals surface area (Å²) in [6.07, 6.45) is -3.96. The number of carbonyl (C=O) groups excluding carboxylic acids is 1. The highest BCUT2D eigenvalue weighted by Crippen LogP contribution is 2.19. The Morgan fingerprint density at radius 3 is 2.30 bits per heavy atom. The highest BCUT2D eigenvalue weighted by molar-refractivity contribution is 7.92. The Kier molecular flexibility index (Phi) is 7.79. The van der Waals surface area contributed by atoms with Crippen LogP contribution < -0.4 is 10.0 Å². The number of para-hydroxylation sites is 1. The Hall–Kier alpha value is -2.66. The topological polar surface area (TPSA) is 78.5 Å². The molecule has 0 aliphatic carbocycles. The number of hydrogen-bond donors (Lipinski definition) is 2. The molecule has 0 aliphatic rings. The Bertz CT molecular complexity index is 964. The van der Waals surface area contributed by atoms with E-state index >= 15 is 0 Å². The second-order valence-electron chi connectivity index (χ2n) is 6.57. The summed E-state index contributed by atoms with van der Waals surface area (Å²) in [4.78, 5) is 13.0. The van der Waals surface area contributed by atoms with E-state index in [2.05, 4.69) is 10.0 Å². The average molecular weight is 447 g/mol. The molecule has 2 aromatic rings. The summed E-state index contributed by atoms with van der Waals surface area (Å²) in [5, 5.41) is 2.56. The number of amides is 1. The van der Waals surface area contributed by atoms with Gasteiger partial charge in [-0.1, -0.05) is 12.1 Å². The molecule has 11 heteroatoms. The molecular formula is C19H21F4N3O3S. The van der Waals surface area contributed by atoms with Crippen LogP contribution in [-0.4, -0.2) is 52.1 Å². The SMILES string of the molecule is CN(CCCNC(=O)c1ccc(S(=O)(=O)Nc2ccccc2F)cc1)CC(F)(F)F.